The lowest BCUT2D eigenvalue weighted by atomic mass is 9.81. The lowest BCUT2D eigenvalue weighted by Crippen LogP contribution is -2.22. The second kappa shape index (κ2) is 6.33. The van der Waals surface area contributed by atoms with E-state index >= 15 is 0 Å². The number of nitrogens with two attached hydrogens (primary N) is 1. The van der Waals surface area contributed by atoms with Crippen LogP contribution in [0.15, 0.2) is 41.0 Å². The van der Waals surface area contributed by atoms with Gasteiger partial charge in [0.05, 0.1) is 12.7 Å². The van der Waals surface area contributed by atoms with Crippen molar-refractivity contribution in [2.75, 3.05) is 13.2 Å². The first-order valence-corrected chi connectivity index (χ1v) is 8.48. The SMILES string of the molecule is NCCOc1ccc2c(ccc3occ(C4CCC(=O)CC4=O)c32)c1. The molecule has 1 atom stereocenters. The second-order valence-electron chi connectivity index (χ2n) is 6.42. The zero-order chi connectivity index (χ0) is 17.4. The highest BCUT2D eigenvalue weighted by atomic mass is 16.5. The number of benzene rings is 2. The molecule has 0 radical (unpaired) electrons. The Bertz CT molecular complexity index is 972. The number of Topliss-reactive ketones (excluding diaryl/α,β-unsaturated/α-hetero) is 2. The van der Waals surface area contributed by atoms with Gasteiger partial charge in [-0.1, -0.05) is 6.07 Å². The van der Waals surface area contributed by atoms with Gasteiger partial charge in [0.1, 0.15) is 29.5 Å². The maximum Gasteiger partial charge on any atom is 0.147 e. The normalized spacial score (nSPS) is 18.2. The summed E-state index contributed by atoms with van der Waals surface area (Å²) in [5.74, 6) is 0.513. The number of rotatable bonds is 4. The predicted octanol–water partition coefficient (Wildman–Crippen LogP) is 3.33. The molecule has 25 heavy (non-hydrogen) atoms. The zero-order valence-corrected chi connectivity index (χ0v) is 13.8. The molecular formula is C20H19NO4. The number of ether oxygens (including phenoxy) is 1. The van der Waals surface area contributed by atoms with Gasteiger partial charge < -0.3 is 14.9 Å². The fraction of sp³-hybridized carbons (Fsp3) is 0.300. The summed E-state index contributed by atoms with van der Waals surface area (Å²) in [4.78, 5) is 23.9. The monoisotopic (exact) mass is 337 g/mol. The van der Waals surface area contributed by atoms with Crippen LogP contribution in [0.3, 0.4) is 0 Å². The summed E-state index contributed by atoms with van der Waals surface area (Å²) in [6.45, 7) is 0.931. The molecule has 0 aliphatic heterocycles. The molecule has 1 aromatic heterocycles. The Labute approximate surface area is 144 Å². The fourth-order valence-electron chi connectivity index (χ4n) is 3.59. The van der Waals surface area contributed by atoms with Crippen LogP contribution < -0.4 is 10.5 Å². The highest BCUT2D eigenvalue weighted by molar-refractivity contribution is 6.11. The van der Waals surface area contributed by atoms with E-state index in [2.05, 4.69) is 0 Å². The molecule has 2 N–H and O–H groups in total. The van der Waals surface area contributed by atoms with Crippen molar-refractivity contribution in [2.24, 2.45) is 5.73 Å². The Kier molecular flexibility index (Phi) is 4.01. The lowest BCUT2D eigenvalue weighted by Gasteiger charge is -2.19. The highest BCUT2D eigenvalue weighted by Gasteiger charge is 2.31. The minimum Gasteiger partial charge on any atom is -0.492 e. The van der Waals surface area contributed by atoms with Gasteiger partial charge in [0, 0.05) is 29.8 Å². The summed E-state index contributed by atoms with van der Waals surface area (Å²) in [5, 5.41) is 2.99. The molecule has 128 valence electrons. The topological polar surface area (TPSA) is 82.5 Å². The largest absolute Gasteiger partial charge is 0.492 e. The van der Waals surface area contributed by atoms with Crippen molar-refractivity contribution in [3.63, 3.8) is 0 Å². The van der Waals surface area contributed by atoms with E-state index in [1.54, 1.807) is 6.26 Å². The zero-order valence-electron chi connectivity index (χ0n) is 13.8. The molecule has 1 heterocycles. The van der Waals surface area contributed by atoms with E-state index in [0.29, 0.717) is 26.0 Å². The van der Waals surface area contributed by atoms with Crippen LogP contribution in [0, 0.1) is 0 Å². The molecule has 1 unspecified atom stereocenters. The Morgan fingerprint density at radius 1 is 1.20 bits per heavy atom. The summed E-state index contributed by atoms with van der Waals surface area (Å²) in [5.41, 5.74) is 7.12. The number of furan rings is 1. The van der Waals surface area contributed by atoms with E-state index in [1.807, 2.05) is 30.3 Å². The van der Waals surface area contributed by atoms with Gasteiger partial charge in [-0.05, 0) is 41.5 Å². The van der Waals surface area contributed by atoms with E-state index in [0.717, 1.165) is 33.1 Å². The molecule has 0 bridgehead atoms. The van der Waals surface area contributed by atoms with Gasteiger partial charge in [-0.2, -0.15) is 0 Å². The maximum absolute atomic E-state index is 12.4. The van der Waals surface area contributed by atoms with Gasteiger partial charge in [-0.15, -0.1) is 0 Å². The number of carbonyl (C=O) groups is 2. The van der Waals surface area contributed by atoms with E-state index in [4.69, 9.17) is 14.9 Å². The lowest BCUT2D eigenvalue weighted by molar-refractivity contribution is -0.130. The quantitative estimate of drug-likeness (QED) is 0.738. The predicted molar refractivity (Wildman–Crippen MR) is 94.9 cm³/mol. The first-order valence-electron chi connectivity index (χ1n) is 8.48. The smallest absolute Gasteiger partial charge is 0.147 e. The fourth-order valence-corrected chi connectivity index (χ4v) is 3.59. The van der Waals surface area contributed by atoms with Crippen LogP contribution >= 0.6 is 0 Å². The average molecular weight is 337 g/mol. The number of carbonyl (C=O) groups excluding carboxylic acids is 2. The summed E-state index contributed by atoms with van der Waals surface area (Å²) >= 11 is 0. The van der Waals surface area contributed by atoms with Crippen molar-refractivity contribution >= 4 is 33.3 Å². The molecule has 1 aliphatic rings. The molecule has 5 nitrogen and oxygen atoms in total. The van der Waals surface area contributed by atoms with Gasteiger partial charge in [-0.3, -0.25) is 9.59 Å². The molecule has 1 saturated carbocycles. The first kappa shape index (κ1) is 15.8. The Morgan fingerprint density at radius 3 is 2.88 bits per heavy atom. The van der Waals surface area contributed by atoms with Crippen molar-refractivity contribution in [3.8, 4) is 5.75 Å². The van der Waals surface area contributed by atoms with Crippen LogP contribution in [0.2, 0.25) is 0 Å². The van der Waals surface area contributed by atoms with Gasteiger partial charge in [0.15, 0.2) is 0 Å². The standard InChI is InChI=1S/C20H19NO4/c21-7-8-24-14-3-5-15-12(9-14)1-6-19-20(15)17(11-25-19)16-4-2-13(22)10-18(16)23/h1,3,5-6,9,11,16H,2,4,7-8,10,21H2. The number of hydrogen-bond donors (Lipinski definition) is 1. The van der Waals surface area contributed by atoms with Gasteiger partial charge >= 0.3 is 0 Å². The van der Waals surface area contributed by atoms with Gasteiger partial charge in [0.25, 0.3) is 0 Å². The number of hydrogen-bond acceptors (Lipinski definition) is 5. The van der Waals surface area contributed by atoms with Crippen molar-refractivity contribution in [3.05, 3.63) is 42.2 Å². The van der Waals surface area contributed by atoms with Gasteiger partial charge in [-0.25, -0.2) is 0 Å². The Morgan fingerprint density at radius 2 is 2.08 bits per heavy atom. The van der Waals surface area contributed by atoms with E-state index in [9.17, 15) is 9.59 Å². The average Bonchev–Trinajstić information content (AvgIpc) is 3.04. The van der Waals surface area contributed by atoms with Crippen molar-refractivity contribution in [1.82, 2.24) is 0 Å². The Balaban J connectivity index is 1.82. The molecule has 2 aromatic carbocycles. The molecule has 3 aromatic rings. The van der Waals surface area contributed by atoms with E-state index in [-0.39, 0.29) is 23.9 Å². The molecular weight excluding hydrogens is 318 g/mol. The first-order chi connectivity index (χ1) is 12.2. The minimum atomic E-state index is -0.266. The molecule has 0 amide bonds. The van der Waals surface area contributed by atoms with Crippen LogP contribution in [-0.4, -0.2) is 24.7 Å². The van der Waals surface area contributed by atoms with Crippen molar-refractivity contribution in [1.29, 1.82) is 0 Å². The Hall–Kier alpha value is -2.66. The third-order valence-electron chi connectivity index (χ3n) is 4.79. The van der Waals surface area contributed by atoms with E-state index in [1.165, 1.54) is 0 Å². The second-order valence-corrected chi connectivity index (χ2v) is 6.42. The van der Waals surface area contributed by atoms with Gasteiger partial charge in [0.2, 0.25) is 0 Å². The molecule has 1 aliphatic carbocycles. The van der Waals surface area contributed by atoms with Crippen molar-refractivity contribution in [2.45, 2.75) is 25.2 Å². The number of ketones is 2. The highest BCUT2D eigenvalue weighted by Crippen LogP contribution is 2.38. The van der Waals surface area contributed by atoms with E-state index < -0.39 is 0 Å². The minimum absolute atomic E-state index is 0.0150. The van der Waals surface area contributed by atoms with Crippen LogP contribution in [0.5, 0.6) is 5.75 Å². The maximum atomic E-state index is 12.4. The summed E-state index contributed by atoms with van der Waals surface area (Å²) in [6, 6.07) is 9.74. The van der Waals surface area contributed by atoms with Crippen molar-refractivity contribution < 1.29 is 18.7 Å². The summed E-state index contributed by atoms with van der Waals surface area (Å²) in [7, 11) is 0. The third-order valence-corrected chi connectivity index (χ3v) is 4.79. The molecule has 0 spiro atoms. The summed E-state index contributed by atoms with van der Waals surface area (Å²) < 4.78 is 11.3. The third kappa shape index (κ3) is 2.81. The molecule has 4 rings (SSSR count). The summed E-state index contributed by atoms with van der Waals surface area (Å²) in [6.07, 6.45) is 2.70. The van der Waals surface area contributed by atoms with Crippen LogP contribution in [0.25, 0.3) is 21.7 Å². The molecule has 1 fully saturated rings. The van der Waals surface area contributed by atoms with Crippen LogP contribution in [0.1, 0.15) is 30.7 Å². The molecule has 5 heteroatoms. The number of fused-ring (bicyclic) bond motifs is 3. The van der Waals surface area contributed by atoms with Crippen LogP contribution in [-0.2, 0) is 9.59 Å². The van der Waals surface area contributed by atoms with Crippen LogP contribution in [0.4, 0.5) is 0 Å². The molecule has 0 saturated heterocycles.